The van der Waals surface area contributed by atoms with Crippen molar-refractivity contribution in [1.29, 1.82) is 0 Å². The molecule has 3 aromatic rings. The molecule has 0 amide bonds. The Morgan fingerprint density at radius 1 is 1.20 bits per heavy atom. The Hall–Kier alpha value is -1.92. The second kappa shape index (κ2) is 5.22. The van der Waals surface area contributed by atoms with E-state index in [1.54, 1.807) is 30.6 Å². The average molecular weight is 352 g/mol. The van der Waals surface area contributed by atoms with Gasteiger partial charge in [-0.1, -0.05) is 16.8 Å². The largest absolute Gasteiger partial charge is 0.399 e. The van der Waals surface area contributed by atoms with Gasteiger partial charge in [-0.05, 0) is 40.2 Å². The fourth-order valence-electron chi connectivity index (χ4n) is 1.69. The van der Waals surface area contributed by atoms with E-state index in [1.807, 2.05) is 6.07 Å². The number of rotatable bonds is 2. The summed E-state index contributed by atoms with van der Waals surface area (Å²) in [4.78, 5) is 8.38. The van der Waals surface area contributed by atoms with Crippen LogP contribution in [0.25, 0.3) is 22.8 Å². The maximum Gasteiger partial charge on any atom is 0.259 e. The molecule has 0 atom stereocenters. The number of nitrogen functional groups attached to an aromatic ring is 1. The van der Waals surface area contributed by atoms with Gasteiger partial charge in [0, 0.05) is 28.1 Å². The second-order valence-electron chi connectivity index (χ2n) is 4.05. The summed E-state index contributed by atoms with van der Waals surface area (Å²) in [5.41, 5.74) is 7.62. The summed E-state index contributed by atoms with van der Waals surface area (Å²) < 4.78 is 6.08. The number of halogens is 2. The van der Waals surface area contributed by atoms with Crippen molar-refractivity contribution in [2.24, 2.45) is 0 Å². The molecular weight excluding hydrogens is 344 g/mol. The van der Waals surface area contributed by atoms with Crippen molar-refractivity contribution in [3.63, 3.8) is 0 Å². The molecule has 2 aromatic heterocycles. The van der Waals surface area contributed by atoms with Gasteiger partial charge in [0.05, 0.1) is 10.6 Å². The maximum atomic E-state index is 6.12. The van der Waals surface area contributed by atoms with E-state index in [1.165, 1.54) is 0 Å². The Morgan fingerprint density at radius 2 is 2.05 bits per heavy atom. The molecular formula is C13H8BrClN4O. The molecule has 0 unspecified atom stereocenters. The zero-order valence-electron chi connectivity index (χ0n) is 10.0. The van der Waals surface area contributed by atoms with Crippen molar-refractivity contribution >= 4 is 33.2 Å². The lowest BCUT2D eigenvalue weighted by Crippen LogP contribution is -1.86. The van der Waals surface area contributed by atoms with Crippen LogP contribution in [0, 0.1) is 0 Å². The molecule has 2 N–H and O–H groups in total. The molecule has 3 rings (SSSR count). The lowest BCUT2D eigenvalue weighted by atomic mass is 10.2. The van der Waals surface area contributed by atoms with E-state index in [-0.39, 0.29) is 0 Å². The normalized spacial score (nSPS) is 10.7. The van der Waals surface area contributed by atoms with Crippen LogP contribution in [-0.4, -0.2) is 15.1 Å². The van der Waals surface area contributed by atoms with E-state index in [0.29, 0.717) is 28.0 Å². The van der Waals surface area contributed by atoms with Crippen LogP contribution in [0.2, 0.25) is 5.02 Å². The first-order valence-corrected chi connectivity index (χ1v) is 6.80. The molecule has 0 aliphatic carbocycles. The number of hydrogen-bond donors (Lipinski definition) is 1. The van der Waals surface area contributed by atoms with Gasteiger partial charge in [0.25, 0.3) is 5.89 Å². The van der Waals surface area contributed by atoms with Crippen LogP contribution in [0.1, 0.15) is 0 Å². The summed E-state index contributed by atoms with van der Waals surface area (Å²) in [5, 5.41) is 4.40. The third kappa shape index (κ3) is 2.52. The maximum absolute atomic E-state index is 6.12. The minimum absolute atomic E-state index is 0.338. The molecule has 0 radical (unpaired) electrons. The van der Waals surface area contributed by atoms with Gasteiger partial charge in [-0.25, -0.2) is 0 Å². The fourth-order valence-corrected chi connectivity index (χ4v) is 2.32. The highest BCUT2D eigenvalue weighted by atomic mass is 79.9. The first-order chi connectivity index (χ1) is 9.63. The van der Waals surface area contributed by atoms with Gasteiger partial charge in [0.15, 0.2) is 0 Å². The second-order valence-corrected chi connectivity index (χ2v) is 5.38. The highest BCUT2D eigenvalue weighted by molar-refractivity contribution is 9.10. The molecule has 0 saturated heterocycles. The molecule has 0 spiro atoms. The van der Waals surface area contributed by atoms with Crippen molar-refractivity contribution in [1.82, 2.24) is 15.1 Å². The molecule has 1 aromatic carbocycles. The molecule has 20 heavy (non-hydrogen) atoms. The Morgan fingerprint density at radius 3 is 2.80 bits per heavy atom. The summed E-state index contributed by atoms with van der Waals surface area (Å²) in [7, 11) is 0. The number of hydrogen-bond acceptors (Lipinski definition) is 5. The van der Waals surface area contributed by atoms with Crippen molar-refractivity contribution < 1.29 is 4.52 Å². The van der Waals surface area contributed by atoms with Crippen molar-refractivity contribution in [2.75, 3.05) is 5.73 Å². The highest BCUT2D eigenvalue weighted by Crippen LogP contribution is 2.30. The summed E-state index contributed by atoms with van der Waals surface area (Å²) in [6, 6.07) is 6.97. The van der Waals surface area contributed by atoms with Crippen LogP contribution in [0.15, 0.2) is 45.7 Å². The number of benzene rings is 1. The van der Waals surface area contributed by atoms with E-state index in [9.17, 15) is 0 Å². The Balaban J connectivity index is 2.02. The topological polar surface area (TPSA) is 77.8 Å². The zero-order chi connectivity index (χ0) is 14.1. The van der Waals surface area contributed by atoms with Crippen LogP contribution in [0.3, 0.4) is 0 Å². The molecule has 0 aliphatic heterocycles. The minimum atomic E-state index is 0.338. The van der Waals surface area contributed by atoms with Gasteiger partial charge < -0.3 is 10.3 Å². The molecule has 5 nitrogen and oxygen atoms in total. The van der Waals surface area contributed by atoms with Gasteiger partial charge in [-0.15, -0.1) is 0 Å². The number of pyridine rings is 1. The zero-order valence-corrected chi connectivity index (χ0v) is 12.4. The van der Waals surface area contributed by atoms with E-state index < -0.39 is 0 Å². The molecule has 0 bridgehead atoms. The Bertz CT molecular complexity index is 775. The molecule has 7 heteroatoms. The van der Waals surface area contributed by atoms with Crippen LogP contribution in [-0.2, 0) is 0 Å². The predicted octanol–water partition coefficient (Wildman–Crippen LogP) is 3.80. The highest BCUT2D eigenvalue weighted by Gasteiger charge is 2.14. The molecule has 2 heterocycles. The van der Waals surface area contributed by atoms with Crippen molar-refractivity contribution in [2.45, 2.75) is 0 Å². The van der Waals surface area contributed by atoms with Crippen LogP contribution >= 0.6 is 27.5 Å². The van der Waals surface area contributed by atoms with E-state index in [0.717, 1.165) is 10.0 Å². The smallest absolute Gasteiger partial charge is 0.259 e. The molecule has 0 saturated carbocycles. The summed E-state index contributed by atoms with van der Waals surface area (Å²) in [6.45, 7) is 0. The third-order valence-corrected chi connectivity index (χ3v) is 3.36. The van der Waals surface area contributed by atoms with Gasteiger partial charge in [0.1, 0.15) is 0 Å². The standard InChI is InChI=1S/C13H8BrClN4O/c14-8-3-7(5-17-6-8)12-18-13(20-19-12)10-2-1-9(16)4-11(10)15/h1-6H,16H2. The predicted molar refractivity (Wildman–Crippen MR) is 80.1 cm³/mol. The molecule has 0 fully saturated rings. The number of nitrogens with two attached hydrogens (primary N) is 1. The Kier molecular flexibility index (Phi) is 3.42. The monoisotopic (exact) mass is 350 g/mol. The fraction of sp³-hybridized carbons (Fsp3) is 0. The summed E-state index contributed by atoms with van der Waals surface area (Å²) in [5.74, 6) is 0.784. The van der Waals surface area contributed by atoms with Crippen LogP contribution in [0.5, 0.6) is 0 Å². The Labute approximate surface area is 127 Å². The van der Waals surface area contributed by atoms with Gasteiger partial charge in [-0.3, -0.25) is 4.98 Å². The van der Waals surface area contributed by atoms with Crippen LogP contribution < -0.4 is 5.73 Å². The van der Waals surface area contributed by atoms with E-state index in [2.05, 4.69) is 31.1 Å². The lowest BCUT2D eigenvalue weighted by Gasteiger charge is -1.99. The average Bonchev–Trinajstić information content (AvgIpc) is 2.88. The lowest BCUT2D eigenvalue weighted by molar-refractivity contribution is 0.432. The van der Waals surface area contributed by atoms with Gasteiger partial charge in [0.2, 0.25) is 5.82 Å². The van der Waals surface area contributed by atoms with Crippen molar-refractivity contribution in [3.05, 3.63) is 46.2 Å². The first-order valence-electron chi connectivity index (χ1n) is 5.63. The molecule has 100 valence electrons. The SMILES string of the molecule is Nc1ccc(-c2nc(-c3cncc(Br)c3)no2)c(Cl)c1. The summed E-state index contributed by atoms with van der Waals surface area (Å²) in [6.07, 6.45) is 3.34. The van der Waals surface area contributed by atoms with Gasteiger partial charge >= 0.3 is 0 Å². The first kappa shape index (κ1) is 13.1. The number of anilines is 1. The number of nitrogens with zero attached hydrogens (tertiary/aromatic N) is 3. The minimum Gasteiger partial charge on any atom is -0.399 e. The third-order valence-electron chi connectivity index (χ3n) is 2.61. The quantitative estimate of drug-likeness (QED) is 0.711. The van der Waals surface area contributed by atoms with Crippen molar-refractivity contribution in [3.8, 4) is 22.8 Å². The number of aromatic nitrogens is 3. The van der Waals surface area contributed by atoms with E-state index >= 15 is 0 Å². The van der Waals surface area contributed by atoms with Gasteiger partial charge in [-0.2, -0.15) is 4.98 Å². The van der Waals surface area contributed by atoms with Crippen LogP contribution in [0.4, 0.5) is 5.69 Å². The van der Waals surface area contributed by atoms with E-state index in [4.69, 9.17) is 21.9 Å². The summed E-state index contributed by atoms with van der Waals surface area (Å²) >= 11 is 9.46. The molecule has 0 aliphatic rings.